The summed E-state index contributed by atoms with van der Waals surface area (Å²) < 4.78 is 38.4. The first-order valence-corrected chi connectivity index (χ1v) is 12.7. The van der Waals surface area contributed by atoms with Crippen molar-refractivity contribution in [2.24, 2.45) is 5.92 Å². The van der Waals surface area contributed by atoms with Gasteiger partial charge in [-0.15, -0.1) is 0 Å². The van der Waals surface area contributed by atoms with E-state index < -0.39 is 15.9 Å². The zero-order valence-electron chi connectivity index (χ0n) is 19.3. The Morgan fingerprint density at radius 3 is 2.06 bits per heavy atom. The van der Waals surface area contributed by atoms with E-state index in [4.69, 9.17) is 9.47 Å². The maximum absolute atomic E-state index is 13.1. The highest BCUT2D eigenvalue weighted by molar-refractivity contribution is 7.89. The molecule has 4 rings (SSSR count). The van der Waals surface area contributed by atoms with Crippen LogP contribution in [0.3, 0.4) is 0 Å². The Kier molecular flexibility index (Phi) is 7.08. The van der Waals surface area contributed by atoms with E-state index >= 15 is 0 Å². The zero-order chi connectivity index (χ0) is 24.3. The second kappa shape index (κ2) is 10.0. The number of carbonyl (C=O) groups excluding carboxylic acids is 2. The highest BCUT2D eigenvalue weighted by Gasteiger charge is 2.38. The molecule has 1 atom stereocenters. The number of methoxy groups -OCH3 is 2. The van der Waals surface area contributed by atoms with Crippen molar-refractivity contribution in [1.82, 2.24) is 9.62 Å². The minimum atomic E-state index is -3.66. The van der Waals surface area contributed by atoms with Gasteiger partial charge in [0.25, 0.3) is 0 Å². The molecular formula is C24H29N3O6S. The topological polar surface area (TPSA) is 105 Å². The van der Waals surface area contributed by atoms with Crippen molar-refractivity contribution >= 4 is 27.5 Å². The van der Waals surface area contributed by atoms with Gasteiger partial charge in [-0.25, -0.2) is 13.1 Å². The zero-order valence-corrected chi connectivity index (χ0v) is 20.1. The summed E-state index contributed by atoms with van der Waals surface area (Å²) in [6, 6.07) is 13.2. The van der Waals surface area contributed by atoms with Crippen LogP contribution in [-0.2, 0) is 19.6 Å². The third kappa shape index (κ3) is 5.18. The molecule has 2 aromatic rings. The number of hydrogen-bond donors (Lipinski definition) is 1. The van der Waals surface area contributed by atoms with Gasteiger partial charge in [0, 0.05) is 37.8 Å². The first-order chi connectivity index (χ1) is 16.3. The number of likely N-dealkylation sites (tertiary alicyclic amines) is 1. The maximum atomic E-state index is 13.1. The standard InChI is InChI=1S/C24H29N3O6S/c1-32-20-5-3-19(4-6-20)27-16-17(15-23(27)28)24(29)26-13-11-18(12-14-26)25-34(30,31)22-9-7-21(33-2)8-10-22/h3-10,17-18,25H,11-16H2,1-2H3/t17-/m0/s1. The molecule has 2 aromatic carbocycles. The van der Waals surface area contributed by atoms with Crippen molar-refractivity contribution in [3.8, 4) is 11.5 Å². The Bertz CT molecular complexity index is 1130. The van der Waals surface area contributed by atoms with Crippen molar-refractivity contribution < 1.29 is 27.5 Å². The lowest BCUT2D eigenvalue weighted by Gasteiger charge is -2.33. The number of hydrogen-bond acceptors (Lipinski definition) is 6. The van der Waals surface area contributed by atoms with Crippen LogP contribution in [0.4, 0.5) is 5.69 Å². The minimum absolute atomic E-state index is 0.0548. The number of amides is 2. The summed E-state index contributed by atoms with van der Waals surface area (Å²) in [5, 5.41) is 0. The van der Waals surface area contributed by atoms with Gasteiger partial charge in [-0.05, 0) is 61.4 Å². The first-order valence-electron chi connectivity index (χ1n) is 11.2. The molecule has 2 fully saturated rings. The lowest BCUT2D eigenvalue weighted by atomic mass is 10.0. The van der Waals surface area contributed by atoms with Gasteiger partial charge in [0.2, 0.25) is 21.8 Å². The summed E-state index contributed by atoms with van der Waals surface area (Å²) in [5.41, 5.74) is 0.743. The summed E-state index contributed by atoms with van der Waals surface area (Å²) >= 11 is 0. The average Bonchev–Trinajstić information content (AvgIpc) is 3.25. The Morgan fingerprint density at radius 1 is 0.941 bits per heavy atom. The quantitative estimate of drug-likeness (QED) is 0.641. The molecule has 0 unspecified atom stereocenters. The maximum Gasteiger partial charge on any atom is 0.240 e. The summed E-state index contributed by atoms with van der Waals surface area (Å²) in [6.07, 6.45) is 1.21. The van der Waals surface area contributed by atoms with E-state index in [2.05, 4.69) is 4.72 Å². The number of piperidine rings is 1. The predicted molar refractivity (Wildman–Crippen MR) is 126 cm³/mol. The van der Waals surface area contributed by atoms with Crippen LogP contribution in [0.15, 0.2) is 53.4 Å². The minimum Gasteiger partial charge on any atom is -0.497 e. The van der Waals surface area contributed by atoms with Gasteiger partial charge in [0.1, 0.15) is 11.5 Å². The molecule has 0 aromatic heterocycles. The molecule has 0 spiro atoms. The third-order valence-electron chi connectivity index (χ3n) is 6.36. The molecule has 0 saturated carbocycles. The fourth-order valence-electron chi connectivity index (χ4n) is 4.40. The number of sulfonamides is 1. The van der Waals surface area contributed by atoms with Crippen LogP contribution in [0.2, 0.25) is 0 Å². The highest BCUT2D eigenvalue weighted by atomic mass is 32.2. The summed E-state index contributed by atoms with van der Waals surface area (Å²) in [5.74, 6) is 0.754. The molecule has 2 saturated heterocycles. The monoisotopic (exact) mass is 487 g/mol. The van der Waals surface area contributed by atoms with Gasteiger partial charge >= 0.3 is 0 Å². The van der Waals surface area contributed by atoms with Crippen molar-refractivity contribution in [2.75, 3.05) is 38.8 Å². The van der Waals surface area contributed by atoms with Crippen LogP contribution in [-0.4, -0.2) is 65.0 Å². The Morgan fingerprint density at radius 2 is 1.50 bits per heavy atom. The molecule has 2 amide bonds. The van der Waals surface area contributed by atoms with E-state index in [1.165, 1.54) is 19.2 Å². The van der Waals surface area contributed by atoms with Gasteiger partial charge < -0.3 is 19.3 Å². The number of nitrogens with zero attached hydrogens (tertiary/aromatic N) is 2. The number of nitrogens with one attached hydrogen (secondary N) is 1. The molecule has 0 aliphatic carbocycles. The number of benzene rings is 2. The van der Waals surface area contributed by atoms with E-state index in [0.29, 0.717) is 44.0 Å². The SMILES string of the molecule is COc1ccc(N2C[C@@H](C(=O)N3CCC(NS(=O)(=O)c4ccc(OC)cc4)CC3)CC2=O)cc1. The number of anilines is 1. The van der Waals surface area contributed by atoms with Crippen molar-refractivity contribution in [3.63, 3.8) is 0 Å². The number of rotatable bonds is 7. The molecular weight excluding hydrogens is 458 g/mol. The lowest BCUT2D eigenvalue weighted by molar-refractivity contribution is -0.136. The second-order valence-electron chi connectivity index (χ2n) is 8.50. The van der Waals surface area contributed by atoms with E-state index in [9.17, 15) is 18.0 Å². The summed E-state index contributed by atoms with van der Waals surface area (Å²) in [4.78, 5) is 29.2. The average molecular weight is 488 g/mol. The molecule has 2 aliphatic rings. The summed E-state index contributed by atoms with van der Waals surface area (Å²) in [6.45, 7) is 1.23. The van der Waals surface area contributed by atoms with Gasteiger partial charge in [0.15, 0.2) is 0 Å². The molecule has 2 aliphatic heterocycles. The predicted octanol–water partition coefficient (Wildman–Crippen LogP) is 2.03. The molecule has 0 radical (unpaired) electrons. The number of ether oxygens (including phenoxy) is 2. The fraction of sp³-hybridized carbons (Fsp3) is 0.417. The normalized spacial score (nSPS) is 19.4. The van der Waals surface area contributed by atoms with Crippen LogP contribution in [0.25, 0.3) is 0 Å². The van der Waals surface area contributed by atoms with Gasteiger partial charge in [0.05, 0.1) is 25.0 Å². The molecule has 9 nitrogen and oxygen atoms in total. The molecule has 34 heavy (non-hydrogen) atoms. The first kappa shape index (κ1) is 24.0. The molecule has 0 bridgehead atoms. The lowest BCUT2D eigenvalue weighted by Crippen LogP contribution is -2.48. The molecule has 10 heteroatoms. The third-order valence-corrected chi connectivity index (χ3v) is 7.89. The van der Waals surface area contributed by atoms with Crippen molar-refractivity contribution in [2.45, 2.75) is 30.2 Å². The Balaban J connectivity index is 1.31. The largest absolute Gasteiger partial charge is 0.497 e. The summed E-state index contributed by atoms with van der Waals surface area (Å²) in [7, 11) is -0.554. The van der Waals surface area contributed by atoms with Crippen LogP contribution >= 0.6 is 0 Å². The van der Waals surface area contributed by atoms with Crippen LogP contribution in [0.5, 0.6) is 11.5 Å². The fourth-order valence-corrected chi connectivity index (χ4v) is 5.71. The highest BCUT2D eigenvalue weighted by Crippen LogP contribution is 2.29. The smallest absolute Gasteiger partial charge is 0.240 e. The molecule has 182 valence electrons. The molecule has 2 heterocycles. The van der Waals surface area contributed by atoms with E-state index in [0.717, 1.165) is 5.69 Å². The van der Waals surface area contributed by atoms with Gasteiger partial charge in [-0.3, -0.25) is 9.59 Å². The van der Waals surface area contributed by atoms with Crippen LogP contribution < -0.4 is 19.1 Å². The Hall–Kier alpha value is -3.11. The van der Waals surface area contributed by atoms with Crippen LogP contribution in [0, 0.1) is 5.92 Å². The van der Waals surface area contributed by atoms with E-state index in [1.807, 2.05) is 12.1 Å². The van der Waals surface area contributed by atoms with Crippen molar-refractivity contribution in [1.29, 1.82) is 0 Å². The second-order valence-corrected chi connectivity index (χ2v) is 10.2. The van der Waals surface area contributed by atoms with Crippen molar-refractivity contribution in [3.05, 3.63) is 48.5 Å². The molecule has 1 N–H and O–H groups in total. The Labute approximate surface area is 199 Å². The van der Waals surface area contributed by atoms with E-state index in [-0.39, 0.29) is 29.2 Å². The van der Waals surface area contributed by atoms with Gasteiger partial charge in [-0.1, -0.05) is 0 Å². The van der Waals surface area contributed by atoms with E-state index in [1.54, 1.807) is 41.2 Å². The van der Waals surface area contributed by atoms with Crippen LogP contribution in [0.1, 0.15) is 19.3 Å². The number of carbonyl (C=O) groups is 2. The van der Waals surface area contributed by atoms with Gasteiger partial charge in [-0.2, -0.15) is 0 Å².